The Hall–Kier alpha value is -2.61. The average molecular weight is 508 g/mol. The van der Waals surface area contributed by atoms with Crippen LogP contribution in [0, 0.1) is 6.92 Å². The molecule has 36 heavy (non-hydrogen) atoms. The lowest BCUT2D eigenvalue weighted by atomic mass is 9.88. The molecule has 0 aliphatic carbocycles. The number of carbonyl (C=O) groups is 1. The minimum atomic E-state index is -1.95. The monoisotopic (exact) mass is 507 g/mol. The third-order valence-electron chi connectivity index (χ3n) is 6.41. The molecule has 8 N–H and O–H groups in total. The predicted octanol–water partition coefficient (Wildman–Crippen LogP) is -1.32. The topological polar surface area (TPSA) is 189 Å². The van der Waals surface area contributed by atoms with Crippen LogP contribution in [0.3, 0.4) is 0 Å². The average Bonchev–Trinajstić information content (AvgIpc) is 2.88. The van der Waals surface area contributed by atoms with Crippen molar-refractivity contribution in [1.82, 2.24) is 5.32 Å². The SMILES string of the molecule is Cc1cc(-c2cccc(C(=O)NC(CO)(CO)CO)c2)ccc1O[C@H]1O[C@H](CO)[C@@H](O)[C@H](O)[C@]1(C)O. The maximum atomic E-state index is 12.7. The summed E-state index contributed by atoms with van der Waals surface area (Å²) in [6.07, 6.45) is -5.60. The van der Waals surface area contributed by atoms with E-state index in [9.17, 15) is 40.5 Å². The van der Waals surface area contributed by atoms with E-state index in [0.29, 0.717) is 16.9 Å². The van der Waals surface area contributed by atoms with Crippen molar-refractivity contribution in [3.05, 3.63) is 53.6 Å². The molecular weight excluding hydrogens is 474 g/mol. The zero-order valence-corrected chi connectivity index (χ0v) is 20.0. The van der Waals surface area contributed by atoms with Gasteiger partial charge in [0.05, 0.1) is 26.4 Å². The third kappa shape index (κ3) is 5.53. The molecule has 3 rings (SSSR count). The number of aryl methyl sites for hydroxylation is 1. The summed E-state index contributed by atoms with van der Waals surface area (Å²) < 4.78 is 11.3. The lowest BCUT2D eigenvalue weighted by Gasteiger charge is -2.45. The van der Waals surface area contributed by atoms with Gasteiger partial charge in [-0.1, -0.05) is 18.2 Å². The van der Waals surface area contributed by atoms with Crippen LogP contribution in [-0.2, 0) is 4.74 Å². The van der Waals surface area contributed by atoms with Gasteiger partial charge in [0.15, 0.2) is 5.60 Å². The van der Waals surface area contributed by atoms with Gasteiger partial charge in [0, 0.05) is 5.56 Å². The van der Waals surface area contributed by atoms with Crippen LogP contribution in [0.5, 0.6) is 5.75 Å². The van der Waals surface area contributed by atoms with Gasteiger partial charge in [-0.15, -0.1) is 0 Å². The number of ether oxygens (including phenoxy) is 2. The number of amides is 1. The first-order valence-corrected chi connectivity index (χ1v) is 11.4. The standard InChI is InChI=1S/C25H33NO10/c1-14-8-16(15-4-3-5-17(9-15)22(33)26-25(11-28,12-29)13-30)6-7-18(14)35-23-24(2,34)21(32)20(31)19(10-27)36-23/h3-9,19-21,23,27-32,34H,10-13H2,1-2H3,(H,26,33)/t19-,20-,21+,23+,24+/m1/s1. The zero-order valence-electron chi connectivity index (χ0n) is 20.0. The van der Waals surface area contributed by atoms with E-state index in [0.717, 1.165) is 5.56 Å². The Morgan fingerprint density at radius 1 is 1.06 bits per heavy atom. The Labute approximate surface area is 208 Å². The summed E-state index contributed by atoms with van der Waals surface area (Å²) in [6, 6.07) is 11.7. The van der Waals surface area contributed by atoms with Gasteiger partial charge >= 0.3 is 0 Å². The summed E-state index contributed by atoms with van der Waals surface area (Å²) in [6.45, 7) is 0.514. The number of carbonyl (C=O) groups excluding carboxylic acids is 1. The van der Waals surface area contributed by atoms with Crippen LogP contribution >= 0.6 is 0 Å². The quantitative estimate of drug-likeness (QED) is 0.202. The smallest absolute Gasteiger partial charge is 0.251 e. The number of hydrogen-bond donors (Lipinski definition) is 8. The number of rotatable bonds is 9. The lowest BCUT2D eigenvalue weighted by Crippen LogP contribution is -2.66. The molecule has 0 bridgehead atoms. The van der Waals surface area contributed by atoms with Gasteiger partial charge in [-0.05, 0) is 54.8 Å². The molecule has 0 saturated carbocycles. The summed E-state index contributed by atoms with van der Waals surface area (Å²) in [5, 5.41) is 71.2. The van der Waals surface area contributed by atoms with Crippen molar-refractivity contribution in [3.63, 3.8) is 0 Å². The second kappa shape index (κ2) is 11.2. The van der Waals surface area contributed by atoms with Gasteiger partial charge in [0.25, 0.3) is 5.91 Å². The Bertz CT molecular complexity index is 1050. The number of aliphatic hydroxyl groups excluding tert-OH is 6. The lowest BCUT2D eigenvalue weighted by molar-refractivity contribution is -0.314. The maximum Gasteiger partial charge on any atom is 0.251 e. The van der Waals surface area contributed by atoms with E-state index in [1.165, 1.54) is 6.92 Å². The van der Waals surface area contributed by atoms with Crippen LogP contribution < -0.4 is 10.1 Å². The van der Waals surface area contributed by atoms with Crippen molar-refractivity contribution in [2.24, 2.45) is 0 Å². The molecule has 1 aliphatic rings. The van der Waals surface area contributed by atoms with Gasteiger partial charge in [0.1, 0.15) is 29.6 Å². The molecule has 0 radical (unpaired) electrons. The molecule has 1 fully saturated rings. The normalized spacial score (nSPS) is 26.5. The zero-order chi connectivity index (χ0) is 26.7. The van der Waals surface area contributed by atoms with Crippen LogP contribution in [0.4, 0.5) is 0 Å². The van der Waals surface area contributed by atoms with Crippen LogP contribution in [-0.4, -0.2) is 104 Å². The van der Waals surface area contributed by atoms with E-state index in [2.05, 4.69) is 5.32 Å². The molecule has 5 atom stereocenters. The molecule has 0 spiro atoms. The van der Waals surface area contributed by atoms with Crippen molar-refractivity contribution < 1.29 is 50.0 Å². The summed E-state index contributed by atoms with van der Waals surface area (Å²) in [5.74, 6) is -0.252. The van der Waals surface area contributed by atoms with Gasteiger partial charge in [-0.2, -0.15) is 0 Å². The highest BCUT2D eigenvalue weighted by Gasteiger charge is 2.53. The van der Waals surface area contributed by atoms with E-state index in [1.807, 2.05) is 0 Å². The molecule has 11 heteroatoms. The first-order chi connectivity index (χ1) is 17.0. The number of benzene rings is 2. The van der Waals surface area contributed by atoms with Crippen LogP contribution in [0.15, 0.2) is 42.5 Å². The molecule has 2 aromatic rings. The van der Waals surface area contributed by atoms with E-state index in [1.54, 1.807) is 49.4 Å². The minimum Gasteiger partial charge on any atom is -0.461 e. The minimum absolute atomic E-state index is 0.249. The van der Waals surface area contributed by atoms with Crippen molar-refractivity contribution >= 4 is 5.91 Å². The fourth-order valence-electron chi connectivity index (χ4n) is 3.86. The fraction of sp³-hybridized carbons (Fsp3) is 0.480. The molecule has 11 nitrogen and oxygen atoms in total. The second-order valence-corrected chi connectivity index (χ2v) is 9.24. The Morgan fingerprint density at radius 2 is 1.69 bits per heavy atom. The molecule has 198 valence electrons. The fourth-order valence-corrected chi connectivity index (χ4v) is 3.86. The van der Waals surface area contributed by atoms with Crippen molar-refractivity contribution in [2.75, 3.05) is 26.4 Å². The molecular formula is C25H33NO10. The molecule has 1 aliphatic heterocycles. The van der Waals surface area contributed by atoms with Crippen LogP contribution in [0.1, 0.15) is 22.8 Å². The van der Waals surface area contributed by atoms with Gasteiger partial charge in [-0.25, -0.2) is 0 Å². The molecule has 0 aromatic heterocycles. The van der Waals surface area contributed by atoms with E-state index in [-0.39, 0.29) is 5.56 Å². The van der Waals surface area contributed by atoms with Crippen molar-refractivity contribution in [2.45, 2.75) is 49.6 Å². The molecule has 0 unspecified atom stereocenters. The first kappa shape index (κ1) is 28.0. The van der Waals surface area contributed by atoms with E-state index >= 15 is 0 Å². The van der Waals surface area contributed by atoms with Gasteiger partial charge < -0.3 is 50.5 Å². The van der Waals surface area contributed by atoms with Gasteiger partial charge in [0.2, 0.25) is 6.29 Å². The van der Waals surface area contributed by atoms with E-state index < -0.39 is 68.1 Å². The highest BCUT2D eigenvalue weighted by Crippen LogP contribution is 2.34. The number of nitrogens with one attached hydrogen (secondary N) is 1. The van der Waals surface area contributed by atoms with Crippen molar-refractivity contribution in [3.8, 4) is 16.9 Å². The summed E-state index contributed by atoms with van der Waals surface area (Å²) in [4.78, 5) is 12.7. The Kier molecular flexibility index (Phi) is 8.70. The van der Waals surface area contributed by atoms with Crippen LogP contribution in [0.2, 0.25) is 0 Å². The molecule has 1 saturated heterocycles. The predicted molar refractivity (Wildman–Crippen MR) is 127 cm³/mol. The van der Waals surface area contributed by atoms with Gasteiger partial charge in [-0.3, -0.25) is 4.79 Å². The Balaban J connectivity index is 1.81. The molecule has 1 amide bonds. The second-order valence-electron chi connectivity index (χ2n) is 9.24. The summed E-state index contributed by atoms with van der Waals surface area (Å²) >= 11 is 0. The van der Waals surface area contributed by atoms with E-state index in [4.69, 9.17) is 9.47 Å². The molecule has 1 heterocycles. The Morgan fingerprint density at radius 3 is 2.28 bits per heavy atom. The van der Waals surface area contributed by atoms with Crippen LogP contribution in [0.25, 0.3) is 11.1 Å². The molecule has 2 aromatic carbocycles. The maximum absolute atomic E-state index is 12.7. The number of hydrogen-bond acceptors (Lipinski definition) is 10. The highest BCUT2D eigenvalue weighted by molar-refractivity contribution is 5.96. The third-order valence-corrected chi connectivity index (χ3v) is 6.41. The number of aliphatic hydroxyl groups is 7. The largest absolute Gasteiger partial charge is 0.461 e. The van der Waals surface area contributed by atoms with Crippen molar-refractivity contribution in [1.29, 1.82) is 0 Å². The highest BCUT2D eigenvalue weighted by atomic mass is 16.7. The first-order valence-electron chi connectivity index (χ1n) is 11.4. The summed E-state index contributed by atoms with van der Waals surface area (Å²) in [5.41, 5.74) is -1.21. The summed E-state index contributed by atoms with van der Waals surface area (Å²) in [7, 11) is 0.